The van der Waals surface area contributed by atoms with Crippen LogP contribution in [-0.4, -0.2) is 102 Å². The highest BCUT2D eigenvalue weighted by Gasteiger charge is 2.24. The molecular weight excluding hydrogens is 1020 g/mol. The van der Waals surface area contributed by atoms with Crippen molar-refractivity contribution in [2.24, 2.45) is 0 Å². The van der Waals surface area contributed by atoms with Gasteiger partial charge in [0, 0.05) is 62.3 Å². The molecular formula is C49H38F2N10O12S2. The summed E-state index contributed by atoms with van der Waals surface area (Å²) in [7, 11) is 1.28. The van der Waals surface area contributed by atoms with Crippen molar-refractivity contribution in [3.05, 3.63) is 161 Å². The van der Waals surface area contributed by atoms with Gasteiger partial charge in [0.25, 0.3) is 23.6 Å². The zero-order valence-corrected chi connectivity index (χ0v) is 40.6. The van der Waals surface area contributed by atoms with Crippen molar-refractivity contribution in [3.8, 4) is 11.5 Å². The van der Waals surface area contributed by atoms with Crippen molar-refractivity contribution >= 4 is 81.1 Å². The smallest absolute Gasteiger partial charge is 0.348 e. The maximum absolute atomic E-state index is 14.3. The average Bonchev–Trinajstić information content (AvgIpc) is 4.25. The number of nitrogens with zero attached hydrogens (tertiary/aromatic N) is 6. The van der Waals surface area contributed by atoms with Crippen molar-refractivity contribution in [2.45, 2.75) is 39.0 Å². The summed E-state index contributed by atoms with van der Waals surface area (Å²) >= 11 is 2.20. The Balaban J connectivity index is 0.000000184. The predicted molar refractivity (Wildman–Crippen MR) is 259 cm³/mol. The number of amides is 4. The molecule has 75 heavy (non-hydrogen) atoms. The molecule has 26 heteroatoms. The quantitative estimate of drug-likeness (QED) is 0.0959. The Morgan fingerprint density at radius 3 is 1.48 bits per heavy atom. The molecule has 0 radical (unpaired) electrons. The number of hydrogen-bond acceptors (Lipinski definition) is 17. The van der Waals surface area contributed by atoms with Gasteiger partial charge in [0.15, 0.2) is 34.5 Å². The number of ether oxygens (including phenoxy) is 3. The Hall–Kier alpha value is -9.30. The third-order valence-electron chi connectivity index (χ3n) is 11.3. The molecule has 0 fully saturated rings. The molecule has 8 aromatic rings. The van der Waals surface area contributed by atoms with Crippen molar-refractivity contribution in [2.75, 3.05) is 20.3 Å². The minimum atomic E-state index is -1.07. The number of methoxy groups -OCH3 is 1. The average molecular weight is 1060 g/mol. The molecule has 0 spiro atoms. The van der Waals surface area contributed by atoms with Gasteiger partial charge in [-0.3, -0.25) is 28.8 Å². The summed E-state index contributed by atoms with van der Waals surface area (Å²) < 4.78 is 46.1. The lowest BCUT2D eigenvalue weighted by Gasteiger charge is -2.17. The summed E-state index contributed by atoms with van der Waals surface area (Å²) in [6.07, 6.45) is 2.29. The summed E-state index contributed by atoms with van der Waals surface area (Å²) in [5.41, 5.74) is 2.96. The van der Waals surface area contributed by atoms with E-state index in [4.69, 9.17) is 14.6 Å². The molecule has 0 atom stereocenters. The number of thiophene rings is 2. The van der Waals surface area contributed by atoms with E-state index in [1.54, 1.807) is 53.2 Å². The van der Waals surface area contributed by atoms with Crippen LogP contribution in [0.15, 0.2) is 83.8 Å². The Morgan fingerprint density at radius 1 is 0.613 bits per heavy atom. The summed E-state index contributed by atoms with van der Waals surface area (Å²) in [5, 5.41) is 30.7. The van der Waals surface area contributed by atoms with E-state index in [1.165, 1.54) is 36.6 Å². The van der Waals surface area contributed by atoms with Gasteiger partial charge in [-0.2, -0.15) is 10.2 Å². The highest BCUT2D eigenvalue weighted by Crippen LogP contribution is 2.26. The first kappa shape index (κ1) is 50.6. The highest BCUT2D eigenvalue weighted by atomic mass is 32.1. The zero-order valence-electron chi connectivity index (χ0n) is 38.9. The van der Waals surface area contributed by atoms with Gasteiger partial charge < -0.3 is 40.6 Å². The lowest BCUT2D eigenvalue weighted by Crippen LogP contribution is -2.28. The lowest BCUT2D eigenvalue weighted by atomic mass is 10.0. The van der Waals surface area contributed by atoms with Gasteiger partial charge in [-0.1, -0.05) is 12.1 Å². The van der Waals surface area contributed by atoms with E-state index in [9.17, 15) is 47.1 Å². The van der Waals surface area contributed by atoms with Gasteiger partial charge in [-0.05, 0) is 69.4 Å². The van der Waals surface area contributed by atoms with Crippen LogP contribution in [0.4, 0.5) is 8.78 Å². The number of halogens is 2. The summed E-state index contributed by atoms with van der Waals surface area (Å²) in [6.45, 7) is 0.376. The van der Waals surface area contributed by atoms with Gasteiger partial charge >= 0.3 is 11.9 Å². The molecule has 2 aliphatic heterocycles. The number of rotatable bonds is 14. The second-order valence-corrected chi connectivity index (χ2v) is 18.4. The maximum atomic E-state index is 14.3. The van der Waals surface area contributed by atoms with E-state index >= 15 is 0 Å². The number of ketones is 2. The number of Topliss-reactive ketones (excluding diaryl/α,β-unsaturated/α-hetero) is 2. The first-order valence-electron chi connectivity index (χ1n) is 22.3. The molecule has 6 aromatic heterocycles. The third-order valence-corrected chi connectivity index (χ3v) is 13.2. The molecule has 10 rings (SSSR count). The van der Waals surface area contributed by atoms with E-state index in [-0.39, 0.29) is 103 Å². The Kier molecular flexibility index (Phi) is 14.7. The van der Waals surface area contributed by atoms with Gasteiger partial charge in [-0.25, -0.2) is 37.4 Å². The number of hydrogen-bond donors (Lipinski definition) is 5. The number of carbonyl (C=O) groups excluding carboxylic acids is 7. The second-order valence-electron chi connectivity index (χ2n) is 16.6. The van der Waals surface area contributed by atoms with E-state index in [1.807, 2.05) is 0 Å². The largest absolute Gasteiger partial charge is 0.486 e. The van der Waals surface area contributed by atoms with Crippen LogP contribution in [0.5, 0.6) is 11.5 Å². The normalized spacial score (nSPS) is 12.6. The molecule has 382 valence electrons. The number of aromatic carboxylic acids is 1. The fourth-order valence-electron chi connectivity index (χ4n) is 7.66. The standard InChI is InChI=1S/C25H20FN5O6S.C24H18FN5O6S/c1-36-25(35)21-5-14(12-38-21)9-28-24(34)19-7-18(30-22-17(26)10-29-31(19)22)23(33)27-8-13-2-3-20-15(4-13)6-16(32)11-37-20;25-16-9-28-30-18(23(33)27-8-13-4-20(24(34)35)37-11-13)6-17(29-21(16)30)22(32)26-7-12-1-2-19-14(3-12)5-15(31)10-36-19/h2-5,7,10,12H,6,8-9,11H2,1H3,(H,27,33)(H,28,34);1-4,6,9,11H,5,7-8,10H2,(H,26,32)(H,27,33)(H,34,35). The highest BCUT2D eigenvalue weighted by molar-refractivity contribution is 7.12. The number of aromatic nitrogens is 6. The topological polar surface area (TPSA) is 293 Å². The molecule has 8 heterocycles. The number of carboxylic acid groups (broad SMARTS) is 1. The Bertz CT molecular complexity index is 3640. The van der Waals surface area contributed by atoms with Crippen LogP contribution >= 0.6 is 22.7 Å². The van der Waals surface area contributed by atoms with E-state index < -0.39 is 47.2 Å². The van der Waals surface area contributed by atoms with Crippen LogP contribution in [0, 0.1) is 11.6 Å². The fourth-order valence-corrected chi connectivity index (χ4v) is 9.24. The molecule has 2 aromatic carbocycles. The Labute approximate surface area is 428 Å². The lowest BCUT2D eigenvalue weighted by molar-refractivity contribution is -0.122. The van der Waals surface area contributed by atoms with Crippen LogP contribution in [-0.2, 0) is 53.3 Å². The first-order valence-corrected chi connectivity index (χ1v) is 24.1. The minimum Gasteiger partial charge on any atom is -0.486 e. The van der Waals surface area contributed by atoms with Crippen molar-refractivity contribution in [1.29, 1.82) is 0 Å². The van der Waals surface area contributed by atoms with Crippen LogP contribution in [0.2, 0.25) is 0 Å². The SMILES string of the molecule is COC(=O)c1cc(CNC(=O)c2cc(C(=O)NCc3ccc4c(c3)CC(=O)CO4)nc3c(F)cnn23)cs1.O=C1COc2ccc(CNC(=O)c3cc(C(=O)NCc4csc(C(=O)O)c4)n4ncc(F)c4n3)cc2C1. The molecule has 4 amide bonds. The summed E-state index contributed by atoms with van der Waals surface area (Å²) in [6, 6.07) is 15.9. The number of esters is 1. The van der Waals surface area contributed by atoms with Gasteiger partial charge in [-0.15, -0.1) is 22.7 Å². The molecule has 0 aliphatic carbocycles. The van der Waals surface area contributed by atoms with Gasteiger partial charge in [0.2, 0.25) is 0 Å². The fraction of sp³-hybridized carbons (Fsp3) is 0.184. The van der Waals surface area contributed by atoms with Crippen LogP contribution in [0.25, 0.3) is 11.3 Å². The second kappa shape index (κ2) is 21.8. The Morgan fingerprint density at radius 2 is 1.04 bits per heavy atom. The molecule has 0 saturated heterocycles. The van der Waals surface area contributed by atoms with Crippen molar-refractivity contribution in [1.82, 2.24) is 50.5 Å². The number of fused-ring (bicyclic) bond motifs is 4. The van der Waals surface area contributed by atoms with Crippen LogP contribution < -0.4 is 30.7 Å². The molecule has 0 bridgehead atoms. The number of benzene rings is 2. The third kappa shape index (κ3) is 11.5. The molecule has 5 N–H and O–H groups in total. The predicted octanol–water partition coefficient (Wildman–Crippen LogP) is 4.07. The van der Waals surface area contributed by atoms with Gasteiger partial charge in [0.05, 0.1) is 19.5 Å². The molecule has 0 saturated carbocycles. The first-order chi connectivity index (χ1) is 36.1. The number of carbonyl (C=O) groups is 8. The summed E-state index contributed by atoms with van der Waals surface area (Å²) in [5.74, 6) is -4.56. The molecule has 2 aliphatic rings. The minimum absolute atomic E-state index is 0.0161. The van der Waals surface area contributed by atoms with E-state index in [2.05, 4.69) is 46.2 Å². The monoisotopic (exact) mass is 1060 g/mol. The molecule has 22 nitrogen and oxygen atoms in total. The van der Waals surface area contributed by atoms with Crippen molar-refractivity contribution < 1.29 is 66.5 Å². The van der Waals surface area contributed by atoms with Crippen LogP contribution in [0.1, 0.15) is 94.7 Å². The number of nitrogens with one attached hydrogen (secondary N) is 4. The number of carboxylic acids is 1. The molecule has 0 unspecified atom stereocenters. The van der Waals surface area contributed by atoms with E-state index in [0.717, 1.165) is 55.0 Å². The zero-order chi connectivity index (χ0) is 52.9. The van der Waals surface area contributed by atoms with E-state index in [0.29, 0.717) is 27.5 Å². The van der Waals surface area contributed by atoms with Gasteiger partial charge in [0.1, 0.15) is 57.2 Å². The maximum Gasteiger partial charge on any atom is 0.348 e. The van der Waals surface area contributed by atoms with Crippen molar-refractivity contribution in [3.63, 3.8) is 0 Å². The van der Waals surface area contributed by atoms with Crippen LogP contribution in [0.3, 0.4) is 0 Å². The summed E-state index contributed by atoms with van der Waals surface area (Å²) in [4.78, 5) is 106.